The highest BCUT2D eigenvalue weighted by Gasteiger charge is 2.29. The first-order valence-electron chi connectivity index (χ1n) is 9.89. The second-order valence-corrected chi connectivity index (χ2v) is 9.27. The third kappa shape index (κ3) is 4.99. The fourth-order valence-corrected chi connectivity index (χ4v) is 4.41. The molecule has 168 valence electrons. The van der Waals surface area contributed by atoms with Gasteiger partial charge in [-0.3, -0.25) is 4.79 Å². The number of carbonyl (C=O) groups excluding carboxylic acids is 1. The molecule has 0 N–H and O–H groups in total. The van der Waals surface area contributed by atoms with E-state index in [0.29, 0.717) is 41.1 Å². The van der Waals surface area contributed by atoms with Crippen molar-refractivity contribution in [3.63, 3.8) is 0 Å². The van der Waals surface area contributed by atoms with Crippen LogP contribution in [0.2, 0.25) is 5.02 Å². The SMILES string of the molecule is O=C(C(OCc1ccc(Cl)cc1)c1ccc(S(=O)(=O)n2nccn2)cc1)N1CCOCC1. The zero-order chi connectivity index (χ0) is 22.6. The lowest BCUT2D eigenvalue weighted by atomic mass is 10.1. The maximum absolute atomic E-state index is 13.2. The molecule has 1 aromatic heterocycles. The van der Waals surface area contributed by atoms with Gasteiger partial charge in [-0.05, 0) is 35.4 Å². The summed E-state index contributed by atoms with van der Waals surface area (Å²) in [6.45, 7) is 2.05. The summed E-state index contributed by atoms with van der Waals surface area (Å²) >= 11 is 5.94. The van der Waals surface area contributed by atoms with Crippen LogP contribution < -0.4 is 0 Å². The van der Waals surface area contributed by atoms with E-state index >= 15 is 0 Å². The van der Waals surface area contributed by atoms with Gasteiger partial charge in [-0.15, -0.1) is 10.2 Å². The van der Waals surface area contributed by atoms with Crippen molar-refractivity contribution < 1.29 is 22.7 Å². The van der Waals surface area contributed by atoms with Crippen molar-refractivity contribution in [2.75, 3.05) is 26.3 Å². The number of ether oxygens (including phenoxy) is 2. The summed E-state index contributed by atoms with van der Waals surface area (Å²) in [5.41, 5.74) is 1.40. The lowest BCUT2D eigenvalue weighted by Gasteiger charge is -2.30. The lowest BCUT2D eigenvalue weighted by Crippen LogP contribution is -2.43. The maximum atomic E-state index is 13.2. The molecule has 11 heteroatoms. The molecule has 32 heavy (non-hydrogen) atoms. The van der Waals surface area contributed by atoms with Gasteiger partial charge in [0.1, 0.15) is 0 Å². The van der Waals surface area contributed by atoms with Crippen LogP contribution in [0.5, 0.6) is 0 Å². The van der Waals surface area contributed by atoms with E-state index in [1.54, 1.807) is 29.2 Å². The van der Waals surface area contributed by atoms with E-state index < -0.39 is 16.1 Å². The summed E-state index contributed by atoms with van der Waals surface area (Å²) in [6, 6.07) is 13.1. The molecular weight excluding hydrogens is 456 g/mol. The minimum absolute atomic E-state index is 0.00715. The molecule has 2 heterocycles. The van der Waals surface area contributed by atoms with E-state index in [-0.39, 0.29) is 17.4 Å². The highest BCUT2D eigenvalue weighted by Crippen LogP contribution is 2.25. The highest BCUT2D eigenvalue weighted by atomic mass is 35.5. The molecule has 1 atom stereocenters. The number of carbonyl (C=O) groups is 1. The zero-order valence-corrected chi connectivity index (χ0v) is 18.6. The summed E-state index contributed by atoms with van der Waals surface area (Å²) in [7, 11) is -3.91. The van der Waals surface area contributed by atoms with Crippen molar-refractivity contribution in [2.45, 2.75) is 17.6 Å². The second-order valence-electron chi connectivity index (χ2n) is 7.08. The number of nitrogens with zero attached hydrogens (tertiary/aromatic N) is 4. The summed E-state index contributed by atoms with van der Waals surface area (Å²) < 4.78 is 37.2. The Balaban J connectivity index is 1.58. The largest absolute Gasteiger partial charge is 0.378 e. The smallest absolute Gasteiger partial charge is 0.299 e. The average molecular weight is 477 g/mol. The van der Waals surface area contributed by atoms with E-state index in [4.69, 9.17) is 21.1 Å². The number of hydrogen-bond donors (Lipinski definition) is 0. The second kappa shape index (κ2) is 9.78. The van der Waals surface area contributed by atoms with Gasteiger partial charge in [-0.1, -0.05) is 40.1 Å². The molecule has 9 nitrogen and oxygen atoms in total. The van der Waals surface area contributed by atoms with Crippen LogP contribution in [0, 0.1) is 0 Å². The van der Waals surface area contributed by atoms with Crippen LogP contribution in [0.25, 0.3) is 0 Å². The number of amides is 1. The molecule has 0 bridgehead atoms. The third-order valence-corrected chi connectivity index (χ3v) is 6.71. The number of rotatable bonds is 7. The van der Waals surface area contributed by atoms with Gasteiger partial charge in [0.2, 0.25) is 0 Å². The maximum Gasteiger partial charge on any atom is 0.299 e. The lowest BCUT2D eigenvalue weighted by molar-refractivity contribution is -0.149. The van der Waals surface area contributed by atoms with E-state index in [0.717, 1.165) is 5.56 Å². The number of aromatic nitrogens is 3. The summed E-state index contributed by atoms with van der Waals surface area (Å²) in [6.07, 6.45) is 1.67. The molecular formula is C21H21ClN4O5S. The molecule has 0 aliphatic carbocycles. The summed E-state index contributed by atoms with van der Waals surface area (Å²) in [4.78, 5) is 14.9. The minimum Gasteiger partial charge on any atom is -0.378 e. The van der Waals surface area contributed by atoms with Gasteiger partial charge in [0.15, 0.2) is 6.10 Å². The van der Waals surface area contributed by atoms with E-state index in [9.17, 15) is 13.2 Å². The molecule has 0 saturated carbocycles. The van der Waals surface area contributed by atoms with Crippen molar-refractivity contribution >= 4 is 27.5 Å². The first-order valence-corrected chi connectivity index (χ1v) is 11.7. The molecule has 1 aliphatic heterocycles. The Morgan fingerprint density at radius 1 is 1.03 bits per heavy atom. The zero-order valence-electron chi connectivity index (χ0n) is 17.0. The predicted octanol–water partition coefficient (Wildman–Crippen LogP) is 2.29. The van der Waals surface area contributed by atoms with E-state index in [2.05, 4.69) is 10.2 Å². The standard InChI is InChI=1S/C21H21ClN4O5S/c22-18-5-1-16(2-6-18)15-31-20(21(27)25-11-13-30-14-12-25)17-3-7-19(8-4-17)32(28,29)26-23-9-10-24-26/h1-10,20H,11-15H2. The molecule has 1 fully saturated rings. The summed E-state index contributed by atoms with van der Waals surface area (Å²) in [5, 5.41) is 7.99. The Hall–Kier alpha value is -2.79. The van der Waals surface area contributed by atoms with Gasteiger partial charge in [-0.25, -0.2) is 0 Å². The van der Waals surface area contributed by atoms with Gasteiger partial charge in [-0.2, -0.15) is 8.42 Å². The van der Waals surface area contributed by atoms with Crippen LogP contribution in [-0.4, -0.2) is 59.9 Å². The molecule has 3 aromatic rings. The van der Waals surface area contributed by atoms with Gasteiger partial charge < -0.3 is 14.4 Å². The van der Waals surface area contributed by atoms with Crippen LogP contribution in [0.4, 0.5) is 0 Å². The van der Waals surface area contributed by atoms with Crippen LogP contribution in [0.1, 0.15) is 17.2 Å². The number of halogens is 1. The van der Waals surface area contributed by atoms with Gasteiger partial charge in [0, 0.05) is 18.1 Å². The number of benzene rings is 2. The molecule has 0 spiro atoms. The molecule has 2 aromatic carbocycles. The first-order chi connectivity index (χ1) is 15.4. The highest BCUT2D eigenvalue weighted by molar-refractivity contribution is 7.89. The molecule has 4 rings (SSSR count). The van der Waals surface area contributed by atoms with Crippen molar-refractivity contribution in [2.24, 2.45) is 0 Å². The molecule has 0 radical (unpaired) electrons. The number of morpholine rings is 1. The average Bonchev–Trinajstić information content (AvgIpc) is 3.37. The Kier molecular flexibility index (Phi) is 6.85. The van der Waals surface area contributed by atoms with Crippen LogP contribution in [-0.2, 0) is 30.9 Å². The summed E-state index contributed by atoms with van der Waals surface area (Å²) in [5.74, 6) is -0.202. The Morgan fingerprint density at radius 3 is 2.28 bits per heavy atom. The van der Waals surface area contributed by atoms with Crippen molar-refractivity contribution in [3.8, 4) is 0 Å². The fourth-order valence-electron chi connectivity index (χ4n) is 3.26. The van der Waals surface area contributed by atoms with Crippen LogP contribution in [0.15, 0.2) is 65.8 Å². The van der Waals surface area contributed by atoms with Crippen molar-refractivity contribution in [3.05, 3.63) is 77.1 Å². The topological polar surface area (TPSA) is 104 Å². The quantitative estimate of drug-likeness (QED) is 0.515. The molecule has 1 aliphatic rings. The number of hydrogen-bond acceptors (Lipinski definition) is 7. The van der Waals surface area contributed by atoms with E-state index in [1.807, 2.05) is 12.1 Å². The monoisotopic (exact) mass is 476 g/mol. The molecule has 1 saturated heterocycles. The minimum atomic E-state index is -3.91. The normalized spacial score (nSPS) is 15.5. The van der Waals surface area contributed by atoms with Crippen LogP contribution >= 0.6 is 11.6 Å². The van der Waals surface area contributed by atoms with E-state index in [1.165, 1.54) is 24.5 Å². The first kappa shape index (κ1) is 22.4. The predicted molar refractivity (Wildman–Crippen MR) is 115 cm³/mol. The van der Waals surface area contributed by atoms with Gasteiger partial charge >= 0.3 is 0 Å². The van der Waals surface area contributed by atoms with Crippen LogP contribution in [0.3, 0.4) is 0 Å². The van der Waals surface area contributed by atoms with Crippen molar-refractivity contribution in [1.29, 1.82) is 0 Å². The molecule has 1 amide bonds. The van der Waals surface area contributed by atoms with Gasteiger partial charge in [0.05, 0.1) is 37.1 Å². The Labute approximate surface area is 190 Å². The Bertz CT molecular complexity index is 1150. The molecule has 1 unspecified atom stereocenters. The Morgan fingerprint density at radius 2 is 1.66 bits per heavy atom. The fraction of sp³-hybridized carbons (Fsp3) is 0.286. The van der Waals surface area contributed by atoms with Gasteiger partial charge in [0.25, 0.3) is 15.9 Å². The third-order valence-electron chi connectivity index (χ3n) is 4.97. The van der Waals surface area contributed by atoms with Crippen molar-refractivity contribution in [1.82, 2.24) is 19.3 Å².